The summed E-state index contributed by atoms with van der Waals surface area (Å²) in [6, 6.07) is -1.23. The Bertz CT molecular complexity index is 201. The zero-order valence-electron chi connectivity index (χ0n) is 7.19. The highest BCUT2D eigenvalue weighted by Gasteiger charge is 2.38. The molecule has 0 saturated carbocycles. The number of halogens is 3. The first-order chi connectivity index (χ1) is 6.05. The van der Waals surface area contributed by atoms with Gasteiger partial charge in [-0.1, -0.05) is 6.08 Å². The van der Waals surface area contributed by atoms with Gasteiger partial charge in [0.05, 0.1) is 0 Å². The van der Waals surface area contributed by atoms with Gasteiger partial charge in [0, 0.05) is 0 Å². The summed E-state index contributed by atoms with van der Waals surface area (Å²) in [6.45, 7) is 0. The molecule has 2 nitrogen and oxygen atoms in total. The Labute approximate surface area is 81.1 Å². The van der Waals surface area contributed by atoms with Gasteiger partial charge in [0.1, 0.15) is 6.04 Å². The van der Waals surface area contributed by atoms with Crippen LogP contribution in [0, 0.1) is 0 Å². The number of rotatable bonds is 3. The third kappa shape index (κ3) is 2.90. The second-order valence-electron chi connectivity index (χ2n) is 3.17. The average molecular weight is 211 g/mol. The van der Waals surface area contributed by atoms with Gasteiger partial charge in [0.15, 0.2) is 0 Å². The third-order valence-electron chi connectivity index (χ3n) is 2.19. The summed E-state index contributed by atoms with van der Waals surface area (Å²) >= 11 is 4.92. The van der Waals surface area contributed by atoms with Gasteiger partial charge < -0.3 is 0 Å². The fourth-order valence-corrected chi connectivity index (χ4v) is 1.74. The van der Waals surface area contributed by atoms with E-state index in [-0.39, 0.29) is 0 Å². The van der Waals surface area contributed by atoms with Crippen LogP contribution in [0.2, 0.25) is 0 Å². The lowest BCUT2D eigenvalue weighted by molar-refractivity contribution is 0.0622. The number of nitrogens with one attached hydrogen (secondary N) is 1. The van der Waals surface area contributed by atoms with Crippen LogP contribution in [-0.2, 0) is 0 Å². The lowest BCUT2D eigenvalue weighted by atomic mass is 9.94. The van der Waals surface area contributed by atoms with Crippen molar-refractivity contribution < 1.29 is 8.78 Å². The molecular formula is C8H13ClF2N2. The fourth-order valence-electron chi connectivity index (χ4n) is 1.54. The molecule has 0 fully saturated rings. The van der Waals surface area contributed by atoms with Crippen LogP contribution >= 0.6 is 11.6 Å². The molecule has 0 saturated heterocycles. The summed E-state index contributed by atoms with van der Waals surface area (Å²) in [5.74, 6) is 5.03. The van der Waals surface area contributed by atoms with Gasteiger partial charge in [-0.3, -0.25) is 5.84 Å². The predicted molar refractivity (Wildman–Crippen MR) is 48.5 cm³/mol. The Hall–Kier alpha value is -0.190. The molecule has 0 spiro atoms. The van der Waals surface area contributed by atoms with E-state index in [1.807, 2.05) is 0 Å². The minimum absolute atomic E-state index is 0.619. The summed E-state index contributed by atoms with van der Waals surface area (Å²) in [7, 11) is 0. The maximum absolute atomic E-state index is 12.8. The van der Waals surface area contributed by atoms with Crippen molar-refractivity contribution in [2.75, 3.05) is 0 Å². The zero-order chi connectivity index (χ0) is 9.90. The van der Waals surface area contributed by atoms with Gasteiger partial charge in [-0.15, -0.1) is 0 Å². The molecule has 1 aliphatic carbocycles. The van der Waals surface area contributed by atoms with Crippen molar-refractivity contribution in [3.8, 4) is 0 Å². The Balaban J connectivity index is 2.70. The molecule has 1 aliphatic rings. The van der Waals surface area contributed by atoms with Crippen molar-refractivity contribution in [3.63, 3.8) is 0 Å². The summed E-state index contributed by atoms with van der Waals surface area (Å²) in [5, 5.41) is -3.31. The van der Waals surface area contributed by atoms with E-state index in [1.54, 1.807) is 6.08 Å². The summed E-state index contributed by atoms with van der Waals surface area (Å²) in [6.07, 6.45) is 5.26. The Morgan fingerprint density at radius 2 is 2.23 bits per heavy atom. The lowest BCUT2D eigenvalue weighted by Crippen LogP contribution is -2.47. The zero-order valence-corrected chi connectivity index (χ0v) is 7.95. The molecule has 76 valence electrons. The predicted octanol–water partition coefficient (Wildman–Crippen LogP) is 2.15. The Morgan fingerprint density at radius 1 is 1.54 bits per heavy atom. The van der Waals surface area contributed by atoms with Crippen LogP contribution in [0.15, 0.2) is 11.6 Å². The molecule has 0 radical (unpaired) electrons. The quantitative estimate of drug-likeness (QED) is 0.324. The topological polar surface area (TPSA) is 38.0 Å². The molecular weight excluding hydrogens is 198 g/mol. The molecule has 1 atom stereocenters. The molecule has 0 aromatic heterocycles. The molecule has 0 amide bonds. The maximum Gasteiger partial charge on any atom is 0.341 e. The first-order valence-corrected chi connectivity index (χ1v) is 4.65. The smallest absolute Gasteiger partial charge is 0.271 e. The van der Waals surface area contributed by atoms with Crippen molar-refractivity contribution in [3.05, 3.63) is 11.6 Å². The van der Waals surface area contributed by atoms with E-state index in [9.17, 15) is 8.78 Å². The van der Waals surface area contributed by atoms with Crippen LogP contribution in [-0.4, -0.2) is 11.4 Å². The van der Waals surface area contributed by atoms with Crippen molar-refractivity contribution >= 4 is 11.6 Å². The number of nitrogens with two attached hydrogens (primary N) is 1. The summed E-state index contributed by atoms with van der Waals surface area (Å²) < 4.78 is 25.5. The number of hydrogen-bond acceptors (Lipinski definition) is 2. The van der Waals surface area contributed by atoms with E-state index in [0.29, 0.717) is 12.0 Å². The highest BCUT2D eigenvalue weighted by Crippen LogP contribution is 2.32. The van der Waals surface area contributed by atoms with E-state index in [2.05, 4.69) is 5.43 Å². The molecule has 3 N–H and O–H groups in total. The van der Waals surface area contributed by atoms with Crippen LogP contribution < -0.4 is 11.3 Å². The molecule has 5 heteroatoms. The van der Waals surface area contributed by atoms with Crippen LogP contribution in [0.5, 0.6) is 0 Å². The minimum atomic E-state index is -3.31. The van der Waals surface area contributed by atoms with Crippen LogP contribution in [0.25, 0.3) is 0 Å². The number of alkyl halides is 3. The SMILES string of the molecule is NNC(C1=CCCCC1)C(F)(F)Cl. The second kappa shape index (κ2) is 4.35. The average Bonchev–Trinajstić information content (AvgIpc) is 2.05. The third-order valence-corrected chi connectivity index (χ3v) is 2.41. The molecule has 13 heavy (non-hydrogen) atoms. The van der Waals surface area contributed by atoms with Crippen LogP contribution in [0.3, 0.4) is 0 Å². The molecule has 1 rings (SSSR count). The van der Waals surface area contributed by atoms with Crippen molar-refractivity contribution in [2.45, 2.75) is 37.1 Å². The largest absolute Gasteiger partial charge is 0.341 e. The minimum Gasteiger partial charge on any atom is -0.271 e. The first kappa shape index (κ1) is 10.9. The summed E-state index contributed by atoms with van der Waals surface area (Å²) in [4.78, 5) is 0. The van der Waals surface area contributed by atoms with E-state index in [1.165, 1.54) is 0 Å². The van der Waals surface area contributed by atoms with Crippen molar-refractivity contribution in [2.24, 2.45) is 5.84 Å². The standard InChI is InChI=1S/C8H13ClF2N2/c9-8(10,11)7(13-12)6-4-2-1-3-5-6/h4,7,13H,1-3,5,12H2. The van der Waals surface area contributed by atoms with E-state index in [0.717, 1.165) is 19.3 Å². The van der Waals surface area contributed by atoms with E-state index < -0.39 is 11.4 Å². The molecule has 0 aliphatic heterocycles. The molecule has 1 unspecified atom stereocenters. The van der Waals surface area contributed by atoms with Crippen LogP contribution in [0.4, 0.5) is 8.78 Å². The highest BCUT2D eigenvalue weighted by atomic mass is 35.5. The lowest BCUT2D eigenvalue weighted by Gasteiger charge is -2.25. The normalized spacial score (nSPS) is 21.1. The van der Waals surface area contributed by atoms with E-state index >= 15 is 0 Å². The Kier molecular flexibility index (Phi) is 3.64. The monoisotopic (exact) mass is 210 g/mol. The van der Waals surface area contributed by atoms with Gasteiger partial charge in [0.25, 0.3) is 0 Å². The Morgan fingerprint density at radius 3 is 2.62 bits per heavy atom. The van der Waals surface area contributed by atoms with Gasteiger partial charge in [-0.25, -0.2) is 5.43 Å². The molecule has 0 aromatic carbocycles. The molecule has 0 heterocycles. The number of hydrazine groups is 1. The van der Waals surface area contributed by atoms with Gasteiger partial charge >= 0.3 is 5.38 Å². The van der Waals surface area contributed by atoms with Crippen molar-refractivity contribution in [1.29, 1.82) is 0 Å². The first-order valence-electron chi connectivity index (χ1n) is 4.27. The van der Waals surface area contributed by atoms with Gasteiger partial charge in [-0.05, 0) is 42.9 Å². The summed E-state index contributed by atoms with van der Waals surface area (Å²) in [5.41, 5.74) is 2.68. The maximum atomic E-state index is 12.8. The highest BCUT2D eigenvalue weighted by molar-refractivity contribution is 6.22. The van der Waals surface area contributed by atoms with Crippen LogP contribution in [0.1, 0.15) is 25.7 Å². The van der Waals surface area contributed by atoms with Gasteiger partial charge in [-0.2, -0.15) is 8.78 Å². The fraction of sp³-hybridized carbons (Fsp3) is 0.750. The molecule has 0 aromatic rings. The second-order valence-corrected chi connectivity index (χ2v) is 3.67. The van der Waals surface area contributed by atoms with Gasteiger partial charge in [0.2, 0.25) is 0 Å². The van der Waals surface area contributed by atoms with Crippen molar-refractivity contribution in [1.82, 2.24) is 5.43 Å². The molecule has 0 bridgehead atoms. The number of hydrogen-bond donors (Lipinski definition) is 2. The number of allylic oxidation sites excluding steroid dienone is 1. The van der Waals surface area contributed by atoms with E-state index in [4.69, 9.17) is 17.4 Å².